The lowest BCUT2D eigenvalue weighted by Crippen LogP contribution is -2.17. The van der Waals surface area contributed by atoms with Crippen LogP contribution < -0.4 is 5.73 Å². The minimum absolute atomic E-state index is 0.532. The van der Waals surface area contributed by atoms with Crippen LogP contribution in [0.25, 0.3) is 0 Å². The minimum Gasteiger partial charge on any atom is -0.465 e. The number of methoxy groups -OCH3 is 1. The monoisotopic (exact) mass is 237 g/mol. The molecule has 16 heavy (non-hydrogen) atoms. The van der Waals surface area contributed by atoms with Crippen molar-refractivity contribution in [3.05, 3.63) is 29.1 Å². The van der Waals surface area contributed by atoms with E-state index in [1.54, 1.807) is 0 Å². The Kier molecular flexibility index (Phi) is 3.06. The lowest BCUT2D eigenvalue weighted by atomic mass is 10.1. The molecule has 0 radical (unpaired) electrons. The molecule has 0 bridgehead atoms. The second kappa shape index (κ2) is 3.99. The van der Waals surface area contributed by atoms with Gasteiger partial charge in [-0.25, -0.2) is 9.18 Å². The zero-order valence-electron chi connectivity index (χ0n) is 8.06. The van der Waals surface area contributed by atoms with Gasteiger partial charge < -0.3 is 10.5 Å². The standard InChI is InChI=1S/C9H7F4NO2/c1-16-8(15)6-4(9(11,12)13)2-3-5(14)7(6)10/h2-3H,14H2,1H3. The second-order valence-corrected chi connectivity index (χ2v) is 2.88. The van der Waals surface area contributed by atoms with E-state index in [2.05, 4.69) is 4.74 Å². The van der Waals surface area contributed by atoms with Crippen molar-refractivity contribution < 1.29 is 27.1 Å². The van der Waals surface area contributed by atoms with Crippen molar-refractivity contribution in [2.45, 2.75) is 6.18 Å². The van der Waals surface area contributed by atoms with Gasteiger partial charge in [0.1, 0.15) is 5.56 Å². The van der Waals surface area contributed by atoms with Crippen molar-refractivity contribution in [2.75, 3.05) is 12.8 Å². The smallest absolute Gasteiger partial charge is 0.417 e. The molecule has 0 heterocycles. The van der Waals surface area contributed by atoms with Gasteiger partial charge in [0, 0.05) is 0 Å². The summed E-state index contributed by atoms with van der Waals surface area (Å²) in [6, 6.07) is 1.27. The van der Waals surface area contributed by atoms with E-state index in [9.17, 15) is 22.4 Å². The molecule has 0 unspecified atom stereocenters. The summed E-state index contributed by atoms with van der Waals surface area (Å²) >= 11 is 0. The number of halogens is 4. The molecule has 0 atom stereocenters. The van der Waals surface area contributed by atoms with Gasteiger partial charge in [0.25, 0.3) is 0 Å². The number of carbonyl (C=O) groups is 1. The number of rotatable bonds is 1. The lowest BCUT2D eigenvalue weighted by Gasteiger charge is -2.12. The Balaban J connectivity index is 3.51. The fourth-order valence-electron chi connectivity index (χ4n) is 1.13. The molecule has 0 amide bonds. The number of anilines is 1. The summed E-state index contributed by atoms with van der Waals surface area (Å²) in [6.45, 7) is 0. The maximum Gasteiger partial charge on any atom is 0.417 e. The molecule has 0 aliphatic heterocycles. The topological polar surface area (TPSA) is 52.3 Å². The van der Waals surface area contributed by atoms with Crippen molar-refractivity contribution in [1.82, 2.24) is 0 Å². The molecule has 0 aliphatic carbocycles. The van der Waals surface area contributed by atoms with Crippen LogP contribution in [0.3, 0.4) is 0 Å². The highest BCUT2D eigenvalue weighted by Crippen LogP contribution is 2.34. The van der Waals surface area contributed by atoms with Crippen LogP contribution in [0.15, 0.2) is 12.1 Å². The number of carbonyl (C=O) groups excluding carboxylic acids is 1. The van der Waals surface area contributed by atoms with Gasteiger partial charge >= 0.3 is 12.1 Å². The number of nitrogens with two attached hydrogens (primary N) is 1. The van der Waals surface area contributed by atoms with Crippen LogP contribution in [0.5, 0.6) is 0 Å². The van der Waals surface area contributed by atoms with Crippen LogP contribution >= 0.6 is 0 Å². The first-order valence-corrected chi connectivity index (χ1v) is 4.02. The fraction of sp³-hybridized carbons (Fsp3) is 0.222. The van der Waals surface area contributed by atoms with E-state index in [0.717, 1.165) is 13.2 Å². The van der Waals surface area contributed by atoms with Gasteiger partial charge in [-0.2, -0.15) is 13.2 Å². The minimum atomic E-state index is -4.85. The highest BCUT2D eigenvalue weighted by Gasteiger charge is 2.37. The summed E-state index contributed by atoms with van der Waals surface area (Å²) in [5, 5.41) is 0. The normalized spacial score (nSPS) is 11.3. The molecule has 1 rings (SSSR count). The molecule has 0 aromatic heterocycles. The number of benzene rings is 1. The molecule has 3 nitrogen and oxygen atoms in total. The SMILES string of the molecule is COC(=O)c1c(C(F)(F)F)ccc(N)c1F. The molecule has 7 heteroatoms. The third kappa shape index (κ3) is 2.07. The predicted molar refractivity (Wildman–Crippen MR) is 47.2 cm³/mol. The zero-order valence-corrected chi connectivity index (χ0v) is 8.06. The number of esters is 1. The third-order valence-corrected chi connectivity index (χ3v) is 1.87. The van der Waals surface area contributed by atoms with Gasteiger partial charge in [-0.1, -0.05) is 0 Å². The van der Waals surface area contributed by atoms with Crippen LogP contribution in [-0.4, -0.2) is 13.1 Å². The first kappa shape index (κ1) is 12.3. The van der Waals surface area contributed by atoms with E-state index in [1.807, 2.05) is 0 Å². The van der Waals surface area contributed by atoms with Crippen molar-refractivity contribution in [2.24, 2.45) is 0 Å². The van der Waals surface area contributed by atoms with E-state index in [4.69, 9.17) is 5.73 Å². The molecule has 2 N–H and O–H groups in total. The van der Waals surface area contributed by atoms with Crippen LogP contribution in [0.1, 0.15) is 15.9 Å². The summed E-state index contributed by atoms with van der Waals surface area (Å²) in [5.74, 6) is -2.85. The summed E-state index contributed by atoms with van der Waals surface area (Å²) in [5.41, 5.74) is 1.92. The summed E-state index contributed by atoms with van der Waals surface area (Å²) in [7, 11) is 0.852. The maximum atomic E-state index is 13.3. The molecule has 0 fully saturated rings. The first-order valence-electron chi connectivity index (χ1n) is 4.02. The van der Waals surface area contributed by atoms with Crippen molar-refractivity contribution >= 4 is 11.7 Å². The Morgan fingerprint density at radius 2 is 1.94 bits per heavy atom. The number of nitrogen functional groups attached to an aromatic ring is 1. The first-order chi connectivity index (χ1) is 7.29. The van der Waals surface area contributed by atoms with Gasteiger partial charge in [-0.15, -0.1) is 0 Å². The molecule has 0 aliphatic rings. The van der Waals surface area contributed by atoms with Gasteiger partial charge in [-0.3, -0.25) is 0 Å². The largest absolute Gasteiger partial charge is 0.465 e. The quantitative estimate of drug-likeness (QED) is 0.463. The van der Waals surface area contributed by atoms with Crippen molar-refractivity contribution in [3.8, 4) is 0 Å². The summed E-state index contributed by atoms with van der Waals surface area (Å²) in [6.07, 6.45) is -4.85. The Morgan fingerprint density at radius 3 is 2.38 bits per heavy atom. The summed E-state index contributed by atoms with van der Waals surface area (Å²) in [4.78, 5) is 11.0. The average Bonchev–Trinajstić information content (AvgIpc) is 2.19. The Labute approximate surface area is 87.8 Å². The van der Waals surface area contributed by atoms with Gasteiger partial charge in [-0.05, 0) is 12.1 Å². The molecule has 0 saturated carbocycles. The molecule has 88 valence electrons. The molecule has 1 aromatic carbocycles. The lowest BCUT2D eigenvalue weighted by molar-refractivity contribution is -0.138. The van der Waals surface area contributed by atoms with Crippen molar-refractivity contribution in [3.63, 3.8) is 0 Å². The number of hydrogen-bond acceptors (Lipinski definition) is 3. The molecule has 1 aromatic rings. The number of hydrogen-bond donors (Lipinski definition) is 1. The van der Waals surface area contributed by atoms with Crippen LogP contribution in [0, 0.1) is 5.82 Å². The van der Waals surface area contributed by atoms with Crippen LogP contribution in [-0.2, 0) is 10.9 Å². The Bertz CT molecular complexity index is 428. The van der Waals surface area contributed by atoms with E-state index in [-0.39, 0.29) is 0 Å². The molecule has 0 saturated heterocycles. The van der Waals surface area contributed by atoms with Crippen molar-refractivity contribution in [1.29, 1.82) is 0 Å². The second-order valence-electron chi connectivity index (χ2n) is 2.88. The van der Waals surface area contributed by atoms with E-state index < -0.39 is 34.8 Å². The third-order valence-electron chi connectivity index (χ3n) is 1.87. The zero-order chi connectivity index (χ0) is 12.5. The van der Waals surface area contributed by atoms with Crippen LogP contribution in [0.2, 0.25) is 0 Å². The molecule has 0 spiro atoms. The van der Waals surface area contributed by atoms with Crippen LogP contribution in [0.4, 0.5) is 23.2 Å². The average molecular weight is 237 g/mol. The highest BCUT2D eigenvalue weighted by atomic mass is 19.4. The van der Waals surface area contributed by atoms with Gasteiger partial charge in [0.15, 0.2) is 5.82 Å². The predicted octanol–water partition coefficient (Wildman–Crippen LogP) is 2.21. The highest BCUT2D eigenvalue weighted by molar-refractivity contribution is 5.92. The van der Waals surface area contributed by atoms with Gasteiger partial charge in [0.2, 0.25) is 0 Å². The molecular weight excluding hydrogens is 230 g/mol. The fourth-order valence-corrected chi connectivity index (χ4v) is 1.13. The number of ether oxygens (including phenoxy) is 1. The molecular formula is C9H7F4NO2. The van der Waals surface area contributed by atoms with E-state index in [0.29, 0.717) is 6.07 Å². The number of alkyl halides is 3. The summed E-state index contributed by atoms with van der Waals surface area (Å²) < 4.78 is 54.7. The Hall–Kier alpha value is -1.79. The maximum absolute atomic E-state index is 13.3. The van der Waals surface area contributed by atoms with E-state index in [1.165, 1.54) is 0 Å². The Morgan fingerprint density at radius 1 is 1.38 bits per heavy atom. The van der Waals surface area contributed by atoms with Gasteiger partial charge in [0.05, 0.1) is 18.4 Å². The van der Waals surface area contributed by atoms with E-state index >= 15 is 0 Å².